The second-order valence-corrected chi connectivity index (χ2v) is 5.68. The van der Waals surface area contributed by atoms with Crippen molar-refractivity contribution in [3.05, 3.63) is 47.8 Å². The molecule has 1 N–H and O–H groups in total. The first-order valence-corrected chi connectivity index (χ1v) is 7.64. The quantitative estimate of drug-likeness (QED) is 0.932. The molecule has 0 amide bonds. The number of benzene rings is 1. The summed E-state index contributed by atoms with van der Waals surface area (Å²) in [7, 11) is 0. The van der Waals surface area contributed by atoms with Crippen molar-refractivity contribution in [2.24, 2.45) is 0 Å². The average Bonchev–Trinajstić information content (AvgIpc) is 2.89. The number of hydrogen-bond donors (Lipinski definition) is 1. The van der Waals surface area contributed by atoms with Gasteiger partial charge < -0.3 is 5.11 Å². The summed E-state index contributed by atoms with van der Waals surface area (Å²) in [6.07, 6.45) is 3.64. The summed E-state index contributed by atoms with van der Waals surface area (Å²) in [5, 5.41) is 19.0. The molecule has 21 heavy (non-hydrogen) atoms. The van der Waals surface area contributed by atoms with E-state index in [0.29, 0.717) is 6.54 Å². The van der Waals surface area contributed by atoms with Crippen LogP contribution in [0.3, 0.4) is 0 Å². The highest BCUT2D eigenvalue weighted by molar-refractivity contribution is 5.22. The zero-order chi connectivity index (χ0) is 14.7. The Kier molecular flexibility index (Phi) is 4.31. The topological polar surface area (TPSA) is 54.2 Å². The van der Waals surface area contributed by atoms with E-state index in [2.05, 4.69) is 22.1 Å². The predicted octanol–water partition coefficient (Wildman–Crippen LogP) is 1.84. The number of hydrogen-bond acceptors (Lipinski definition) is 4. The minimum Gasteiger partial charge on any atom is -0.389 e. The zero-order valence-corrected chi connectivity index (χ0v) is 12.4. The van der Waals surface area contributed by atoms with E-state index in [1.807, 2.05) is 41.2 Å². The molecule has 0 saturated heterocycles. The number of aliphatic hydroxyl groups is 1. The molecule has 3 rings (SSSR count). The fourth-order valence-electron chi connectivity index (χ4n) is 3.00. The molecule has 2 aromatic rings. The van der Waals surface area contributed by atoms with Crippen molar-refractivity contribution >= 4 is 0 Å². The Morgan fingerprint density at radius 2 is 2.10 bits per heavy atom. The van der Waals surface area contributed by atoms with Gasteiger partial charge in [0.1, 0.15) is 6.04 Å². The first-order valence-electron chi connectivity index (χ1n) is 7.64. The lowest BCUT2D eigenvalue weighted by Crippen LogP contribution is -2.34. The monoisotopic (exact) mass is 286 g/mol. The Morgan fingerprint density at radius 1 is 1.29 bits per heavy atom. The van der Waals surface area contributed by atoms with E-state index in [-0.39, 0.29) is 6.04 Å². The van der Waals surface area contributed by atoms with Gasteiger partial charge in [0.05, 0.1) is 18.0 Å². The zero-order valence-electron chi connectivity index (χ0n) is 12.4. The summed E-state index contributed by atoms with van der Waals surface area (Å²) in [6.45, 7) is 4.66. The molecular formula is C16H22N4O. The summed E-state index contributed by atoms with van der Waals surface area (Å²) < 4.78 is 1.88. The SMILES string of the molecule is CCCCN1Cc2cnnn2[C@H](c2ccccc2)[C@@H](O)C1. The second kappa shape index (κ2) is 6.37. The normalized spacial score (nSPS) is 22.8. The second-order valence-electron chi connectivity index (χ2n) is 5.68. The van der Waals surface area contributed by atoms with Gasteiger partial charge in [0.15, 0.2) is 0 Å². The standard InChI is InChI=1S/C16H22N4O/c1-2-3-9-19-11-14-10-17-18-20(14)16(15(21)12-19)13-7-5-4-6-8-13/h4-8,10,15-16,21H,2-3,9,11-12H2,1H3/t15-,16+/m0/s1. The van der Waals surface area contributed by atoms with Crippen LogP contribution < -0.4 is 0 Å². The summed E-state index contributed by atoms with van der Waals surface area (Å²) in [6, 6.07) is 9.91. The average molecular weight is 286 g/mol. The van der Waals surface area contributed by atoms with Crippen LogP contribution in [0, 0.1) is 0 Å². The lowest BCUT2D eigenvalue weighted by molar-refractivity contribution is 0.0870. The Labute approximate surface area is 125 Å². The minimum absolute atomic E-state index is 0.157. The molecule has 0 saturated carbocycles. The van der Waals surface area contributed by atoms with Gasteiger partial charge in [-0.05, 0) is 18.5 Å². The van der Waals surface area contributed by atoms with Crippen LogP contribution in [0.25, 0.3) is 0 Å². The number of β-amino-alcohol motifs (C(OH)–C–C–N with tert-alkyl or cyclic N) is 1. The maximum Gasteiger partial charge on any atom is 0.106 e. The fraction of sp³-hybridized carbons (Fsp3) is 0.500. The van der Waals surface area contributed by atoms with Gasteiger partial charge >= 0.3 is 0 Å². The largest absolute Gasteiger partial charge is 0.389 e. The third kappa shape index (κ3) is 2.99. The van der Waals surface area contributed by atoms with E-state index in [1.54, 1.807) is 0 Å². The minimum atomic E-state index is -0.479. The highest BCUT2D eigenvalue weighted by Crippen LogP contribution is 2.27. The van der Waals surface area contributed by atoms with Crippen molar-refractivity contribution in [1.29, 1.82) is 0 Å². The highest BCUT2D eigenvalue weighted by atomic mass is 16.3. The van der Waals surface area contributed by atoms with Crippen LogP contribution in [0.4, 0.5) is 0 Å². The number of nitrogens with zero attached hydrogens (tertiary/aromatic N) is 4. The Morgan fingerprint density at radius 3 is 2.86 bits per heavy atom. The molecule has 1 aliphatic rings. The van der Waals surface area contributed by atoms with Crippen molar-refractivity contribution in [3.8, 4) is 0 Å². The van der Waals surface area contributed by atoms with Crippen LogP contribution >= 0.6 is 0 Å². The van der Waals surface area contributed by atoms with E-state index in [4.69, 9.17) is 0 Å². The van der Waals surface area contributed by atoms with Gasteiger partial charge in [0.2, 0.25) is 0 Å². The van der Waals surface area contributed by atoms with E-state index in [1.165, 1.54) is 0 Å². The number of unbranched alkanes of at least 4 members (excludes halogenated alkanes) is 1. The summed E-state index contributed by atoms with van der Waals surface area (Å²) in [5.74, 6) is 0. The van der Waals surface area contributed by atoms with Gasteiger partial charge in [-0.3, -0.25) is 4.90 Å². The van der Waals surface area contributed by atoms with E-state index in [9.17, 15) is 5.11 Å². The number of aromatic nitrogens is 3. The van der Waals surface area contributed by atoms with Crippen molar-refractivity contribution in [1.82, 2.24) is 19.9 Å². The van der Waals surface area contributed by atoms with Crippen molar-refractivity contribution in [2.45, 2.75) is 38.5 Å². The van der Waals surface area contributed by atoms with Crippen molar-refractivity contribution in [3.63, 3.8) is 0 Å². The van der Waals surface area contributed by atoms with Crippen LogP contribution in [0.15, 0.2) is 36.5 Å². The molecule has 1 aromatic heterocycles. The van der Waals surface area contributed by atoms with Gasteiger partial charge in [0, 0.05) is 13.1 Å². The first kappa shape index (κ1) is 14.2. The van der Waals surface area contributed by atoms with Crippen LogP contribution in [-0.4, -0.2) is 44.2 Å². The van der Waals surface area contributed by atoms with E-state index >= 15 is 0 Å². The van der Waals surface area contributed by atoms with Crippen molar-refractivity contribution < 1.29 is 5.11 Å². The molecular weight excluding hydrogens is 264 g/mol. The molecule has 5 heteroatoms. The molecule has 112 valence electrons. The highest BCUT2D eigenvalue weighted by Gasteiger charge is 2.31. The van der Waals surface area contributed by atoms with E-state index in [0.717, 1.165) is 37.2 Å². The molecule has 0 unspecified atom stereocenters. The lowest BCUT2D eigenvalue weighted by atomic mass is 10.0. The molecule has 0 spiro atoms. The number of aliphatic hydroxyl groups excluding tert-OH is 1. The summed E-state index contributed by atoms with van der Waals surface area (Å²) in [5.41, 5.74) is 2.14. The Bertz CT molecular complexity index is 569. The molecule has 2 atom stereocenters. The van der Waals surface area contributed by atoms with Crippen LogP contribution in [0.1, 0.15) is 37.1 Å². The number of fused-ring (bicyclic) bond motifs is 1. The van der Waals surface area contributed by atoms with Crippen LogP contribution in [0.5, 0.6) is 0 Å². The van der Waals surface area contributed by atoms with Crippen LogP contribution in [0.2, 0.25) is 0 Å². The smallest absolute Gasteiger partial charge is 0.106 e. The fourth-order valence-corrected chi connectivity index (χ4v) is 3.00. The van der Waals surface area contributed by atoms with Gasteiger partial charge in [-0.25, -0.2) is 4.68 Å². The van der Waals surface area contributed by atoms with Gasteiger partial charge in [0.25, 0.3) is 0 Å². The first-order chi connectivity index (χ1) is 10.3. The molecule has 0 radical (unpaired) electrons. The third-order valence-corrected chi connectivity index (χ3v) is 4.08. The van der Waals surface area contributed by atoms with Crippen molar-refractivity contribution in [2.75, 3.05) is 13.1 Å². The lowest BCUT2D eigenvalue weighted by Gasteiger charge is -2.24. The predicted molar refractivity (Wildman–Crippen MR) is 80.8 cm³/mol. The molecule has 5 nitrogen and oxygen atoms in total. The van der Waals surface area contributed by atoms with Gasteiger partial charge in [-0.2, -0.15) is 0 Å². The maximum atomic E-state index is 10.7. The molecule has 1 aromatic carbocycles. The van der Waals surface area contributed by atoms with E-state index < -0.39 is 6.10 Å². The molecule has 0 aliphatic carbocycles. The summed E-state index contributed by atoms with van der Waals surface area (Å²) >= 11 is 0. The summed E-state index contributed by atoms with van der Waals surface area (Å²) in [4.78, 5) is 2.30. The molecule has 0 bridgehead atoms. The van der Waals surface area contributed by atoms with Gasteiger partial charge in [-0.15, -0.1) is 5.10 Å². The Hall–Kier alpha value is -1.72. The van der Waals surface area contributed by atoms with Crippen LogP contribution in [-0.2, 0) is 6.54 Å². The molecule has 2 heterocycles. The third-order valence-electron chi connectivity index (χ3n) is 4.08. The van der Waals surface area contributed by atoms with Gasteiger partial charge in [-0.1, -0.05) is 48.9 Å². The number of rotatable bonds is 4. The molecule has 0 fully saturated rings. The molecule has 1 aliphatic heterocycles. The maximum absolute atomic E-state index is 10.7. The Balaban J connectivity index is 1.92.